The van der Waals surface area contributed by atoms with Crippen molar-refractivity contribution in [1.82, 2.24) is 4.98 Å². The molecule has 0 fully saturated rings. The molecule has 0 unspecified atom stereocenters. The molecule has 0 spiro atoms. The van der Waals surface area contributed by atoms with Crippen molar-refractivity contribution in [3.05, 3.63) is 132 Å². The van der Waals surface area contributed by atoms with Crippen molar-refractivity contribution in [3.8, 4) is 0 Å². The predicted molar refractivity (Wildman–Crippen MR) is 120 cm³/mol. The molecule has 0 saturated heterocycles. The number of carbonyl (C=O) groups excluding carboxylic acids is 1. The molecule has 1 N–H and O–H groups in total. The van der Waals surface area contributed by atoms with Gasteiger partial charge in [0.2, 0.25) is 5.60 Å². The van der Waals surface area contributed by atoms with Gasteiger partial charge in [-0.05, 0) is 6.07 Å². The third kappa shape index (κ3) is 3.26. The number of pyridine rings is 1. The van der Waals surface area contributed by atoms with Crippen molar-refractivity contribution in [3.63, 3.8) is 0 Å². The van der Waals surface area contributed by atoms with Crippen LogP contribution >= 0.6 is 0 Å². The fourth-order valence-corrected chi connectivity index (χ4v) is 3.89. The number of benzene rings is 3. The number of aromatic nitrogens is 1. The standard InChI is InChI=1S/C26H19N3O2/c30-25-24(22-16-17-27-18-23(22)28-25)29-31-26(19-10-4-1-5-11-19,20-12-6-2-7-13-20)21-14-8-3-9-15-21/h1-18H,(H,28,29,30). The number of anilines is 1. The molecule has 0 aliphatic carbocycles. The van der Waals surface area contributed by atoms with Crippen LogP contribution in [0.1, 0.15) is 22.3 Å². The molecule has 150 valence electrons. The van der Waals surface area contributed by atoms with Crippen molar-refractivity contribution in [2.24, 2.45) is 5.16 Å². The zero-order valence-electron chi connectivity index (χ0n) is 16.6. The maximum Gasteiger partial charge on any atom is 0.278 e. The highest BCUT2D eigenvalue weighted by molar-refractivity contribution is 6.53. The van der Waals surface area contributed by atoms with E-state index >= 15 is 0 Å². The predicted octanol–water partition coefficient (Wildman–Crippen LogP) is 4.75. The molecular weight excluding hydrogens is 386 g/mol. The van der Waals surface area contributed by atoms with Crippen molar-refractivity contribution in [2.45, 2.75) is 5.60 Å². The van der Waals surface area contributed by atoms with Gasteiger partial charge in [0.1, 0.15) is 0 Å². The summed E-state index contributed by atoms with van der Waals surface area (Å²) in [6.07, 6.45) is 3.24. The second kappa shape index (κ2) is 7.88. The Balaban J connectivity index is 1.72. The van der Waals surface area contributed by atoms with Crippen LogP contribution in [0, 0.1) is 0 Å². The summed E-state index contributed by atoms with van der Waals surface area (Å²) in [6.45, 7) is 0. The Labute approximate surface area is 180 Å². The molecule has 31 heavy (non-hydrogen) atoms. The van der Waals surface area contributed by atoms with Crippen LogP contribution in [0.4, 0.5) is 5.69 Å². The summed E-state index contributed by atoms with van der Waals surface area (Å²) in [5, 5.41) is 7.21. The highest BCUT2D eigenvalue weighted by Crippen LogP contribution is 2.41. The summed E-state index contributed by atoms with van der Waals surface area (Å²) < 4.78 is 0. The van der Waals surface area contributed by atoms with Crippen molar-refractivity contribution in [2.75, 3.05) is 5.32 Å². The summed E-state index contributed by atoms with van der Waals surface area (Å²) in [5.74, 6) is -0.314. The number of fused-ring (bicyclic) bond motifs is 1. The lowest BCUT2D eigenvalue weighted by Crippen LogP contribution is -2.32. The average molecular weight is 405 g/mol. The largest absolute Gasteiger partial charge is 0.374 e. The first-order valence-corrected chi connectivity index (χ1v) is 9.97. The summed E-state index contributed by atoms with van der Waals surface area (Å²) in [5.41, 5.74) is 3.21. The fourth-order valence-electron chi connectivity index (χ4n) is 3.89. The molecule has 5 nitrogen and oxygen atoms in total. The molecule has 1 aliphatic heterocycles. The topological polar surface area (TPSA) is 63.6 Å². The van der Waals surface area contributed by atoms with Gasteiger partial charge in [0, 0.05) is 28.5 Å². The Morgan fingerprint density at radius 3 is 1.77 bits per heavy atom. The second-order valence-electron chi connectivity index (χ2n) is 7.19. The minimum atomic E-state index is -1.03. The number of rotatable bonds is 5. The molecule has 0 atom stereocenters. The summed E-state index contributed by atoms with van der Waals surface area (Å²) in [7, 11) is 0. The lowest BCUT2D eigenvalue weighted by Gasteiger charge is -2.33. The molecule has 5 rings (SSSR count). The maximum absolute atomic E-state index is 12.6. The number of carbonyl (C=O) groups is 1. The molecule has 0 radical (unpaired) electrons. The van der Waals surface area contributed by atoms with Gasteiger partial charge in [0.15, 0.2) is 5.71 Å². The molecule has 1 aromatic heterocycles. The van der Waals surface area contributed by atoms with Gasteiger partial charge in [0.25, 0.3) is 5.91 Å². The summed E-state index contributed by atoms with van der Waals surface area (Å²) >= 11 is 0. The van der Waals surface area contributed by atoms with Gasteiger partial charge in [-0.15, -0.1) is 0 Å². The molecule has 4 aromatic rings. The Bertz CT molecular complexity index is 1140. The number of hydrogen-bond donors (Lipinski definition) is 1. The zero-order valence-corrected chi connectivity index (χ0v) is 16.6. The van der Waals surface area contributed by atoms with Gasteiger partial charge in [-0.25, -0.2) is 0 Å². The number of nitrogens with one attached hydrogen (secondary N) is 1. The van der Waals surface area contributed by atoms with Crippen LogP contribution in [-0.4, -0.2) is 16.6 Å². The first-order chi connectivity index (χ1) is 15.3. The van der Waals surface area contributed by atoms with Crippen LogP contribution in [0.25, 0.3) is 0 Å². The van der Waals surface area contributed by atoms with Crippen LogP contribution in [0.15, 0.2) is 115 Å². The first kappa shape index (κ1) is 18.8. The molecule has 5 heteroatoms. The number of hydrogen-bond acceptors (Lipinski definition) is 4. The highest BCUT2D eigenvalue weighted by Gasteiger charge is 2.40. The Hall–Kier alpha value is -4.25. The van der Waals surface area contributed by atoms with E-state index in [2.05, 4.69) is 15.5 Å². The SMILES string of the molecule is O=C1Nc2cnccc2C1=NOC(c1ccccc1)(c1ccccc1)c1ccccc1. The molecule has 1 aliphatic rings. The van der Waals surface area contributed by atoms with E-state index in [4.69, 9.17) is 4.84 Å². The van der Waals surface area contributed by atoms with Crippen molar-refractivity contribution >= 4 is 17.3 Å². The van der Waals surface area contributed by atoms with Gasteiger partial charge >= 0.3 is 0 Å². The van der Waals surface area contributed by atoms with Crippen molar-refractivity contribution in [1.29, 1.82) is 0 Å². The van der Waals surface area contributed by atoms with E-state index < -0.39 is 5.60 Å². The molecule has 0 bridgehead atoms. The van der Waals surface area contributed by atoms with E-state index in [0.717, 1.165) is 16.7 Å². The van der Waals surface area contributed by atoms with E-state index in [1.807, 2.05) is 91.0 Å². The van der Waals surface area contributed by atoms with Gasteiger partial charge < -0.3 is 10.2 Å². The van der Waals surface area contributed by atoms with Gasteiger partial charge in [-0.3, -0.25) is 9.78 Å². The highest BCUT2D eigenvalue weighted by atomic mass is 16.7. The van der Waals surface area contributed by atoms with Crippen LogP contribution in [0.3, 0.4) is 0 Å². The van der Waals surface area contributed by atoms with Crippen molar-refractivity contribution < 1.29 is 9.63 Å². The normalized spacial score (nSPS) is 14.2. The first-order valence-electron chi connectivity index (χ1n) is 9.97. The van der Waals surface area contributed by atoms with Crippen LogP contribution in [0.5, 0.6) is 0 Å². The minimum absolute atomic E-state index is 0.226. The monoisotopic (exact) mass is 405 g/mol. The molecule has 2 heterocycles. The number of nitrogens with zero attached hydrogens (tertiary/aromatic N) is 2. The average Bonchev–Trinajstić information content (AvgIpc) is 3.16. The lowest BCUT2D eigenvalue weighted by molar-refractivity contribution is -0.110. The Morgan fingerprint density at radius 2 is 1.26 bits per heavy atom. The smallest absolute Gasteiger partial charge is 0.278 e. The molecular formula is C26H19N3O2. The van der Waals surface area contributed by atoms with Gasteiger partial charge in [-0.1, -0.05) is 96.2 Å². The van der Waals surface area contributed by atoms with E-state index in [9.17, 15) is 4.79 Å². The third-order valence-corrected chi connectivity index (χ3v) is 5.35. The van der Waals surface area contributed by atoms with Crippen LogP contribution in [0.2, 0.25) is 0 Å². The van der Waals surface area contributed by atoms with E-state index in [-0.39, 0.29) is 11.6 Å². The Kier molecular flexibility index (Phi) is 4.77. The van der Waals surface area contributed by atoms with E-state index in [0.29, 0.717) is 11.3 Å². The maximum atomic E-state index is 12.6. The van der Waals surface area contributed by atoms with E-state index in [1.165, 1.54) is 0 Å². The quantitative estimate of drug-likeness (QED) is 0.385. The lowest BCUT2D eigenvalue weighted by atomic mass is 9.80. The third-order valence-electron chi connectivity index (χ3n) is 5.35. The molecule has 1 amide bonds. The minimum Gasteiger partial charge on any atom is -0.374 e. The number of oxime groups is 1. The van der Waals surface area contributed by atoms with Gasteiger partial charge in [0.05, 0.1) is 11.9 Å². The summed E-state index contributed by atoms with van der Waals surface area (Å²) in [4.78, 5) is 23.1. The zero-order chi connectivity index (χ0) is 21.1. The Morgan fingerprint density at radius 1 is 0.742 bits per heavy atom. The molecule has 0 saturated carbocycles. The summed E-state index contributed by atoms with van der Waals surface area (Å²) in [6, 6.07) is 31.5. The van der Waals surface area contributed by atoms with Crippen LogP contribution < -0.4 is 5.32 Å². The van der Waals surface area contributed by atoms with E-state index in [1.54, 1.807) is 18.5 Å². The molecule has 3 aromatic carbocycles. The van der Waals surface area contributed by atoms with Crippen LogP contribution in [-0.2, 0) is 15.2 Å². The van der Waals surface area contributed by atoms with Gasteiger partial charge in [-0.2, -0.15) is 0 Å². The second-order valence-corrected chi connectivity index (χ2v) is 7.19. The number of amides is 1. The fraction of sp³-hybridized carbons (Fsp3) is 0.0385.